The van der Waals surface area contributed by atoms with Crippen molar-refractivity contribution in [3.8, 4) is 11.4 Å². The molecule has 0 N–H and O–H groups in total. The number of hydrogen-bond acceptors (Lipinski definition) is 8. The average molecular weight is 471 g/mol. The molecule has 3 aromatic rings. The second kappa shape index (κ2) is 7.10. The number of carbonyl (C=O) groups is 2. The summed E-state index contributed by atoms with van der Waals surface area (Å²) in [7, 11) is 0. The van der Waals surface area contributed by atoms with E-state index < -0.39 is 29.7 Å². The van der Waals surface area contributed by atoms with Gasteiger partial charge in [0, 0.05) is 10.0 Å². The Morgan fingerprint density at radius 3 is 2.67 bits per heavy atom. The molecule has 9 nitrogen and oxygen atoms in total. The minimum atomic E-state index is -0.963. The molecule has 11 heteroatoms. The van der Waals surface area contributed by atoms with Gasteiger partial charge < -0.3 is 4.52 Å². The van der Waals surface area contributed by atoms with Crippen LogP contribution in [-0.4, -0.2) is 39.0 Å². The lowest BCUT2D eigenvalue weighted by Crippen LogP contribution is -2.39. The quantitative estimate of drug-likeness (QED) is 0.542. The van der Waals surface area contributed by atoms with Crippen LogP contribution in [0.2, 0.25) is 0 Å². The van der Waals surface area contributed by atoms with E-state index in [1.807, 2.05) is 24.3 Å². The molecule has 150 valence electrons. The number of amides is 2. The fraction of sp³-hybridized carbons (Fsp3) is 0.158. The van der Waals surface area contributed by atoms with Crippen LogP contribution in [-0.2, 0) is 16.1 Å². The number of hydrogen-bond donors (Lipinski definition) is 0. The molecular formula is C19H12BrFN6O3. The van der Waals surface area contributed by atoms with Crippen LogP contribution >= 0.6 is 15.9 Å². The molecule has 5 rings (SSSR count). The summed E-state index contributed by atoms with van der Waals surface area (Å²) in [5.41, 5.74) is 1.04. The molecule has 0 aliphatic carbocycles. The fourth-order valence-electron chi connectivity index (χ4n) is 3.40. The van der Waals surface area contributed by atoms with E-state index in [1.54, 1.807) is 0 Å². The number of nitrogens with zero attached hydrogens (tertiary/aromatic N) is 6. The van der Waals surface area contributed by atoms with Crippen molar-refractivity contribution in [1.82, 2.24) is 15.1 Å². The second-order valence-electron chi connectivity index (χ2n) is 6.70. The van der Waals surface area contributed by atoms with Gasteiger partial charge in [-0.05, 0) is 36.4 Å². The summed E-state index contributed by atoms with van der Waals surface area (Å²) >= 11 is 3.39. The van der Waals surface area contributed by atoms with Crippen LogP contribution in [0.4, 0.5) is 10.1 Å². The summed E-state index contributed by atoms with van der Waals surface area (Å²) in [5, 5.41) is 13.2. The zero-order chi connectivity index (χ0) is 20.8. The van der Waals surface area contributed by atoms with Gasteiger partial charge in [-0.15, -0.1) is 0 Å². The van der Waals surface area contributed by atoms with Crippen molar-refractivity contribution in [2.75, 3.05) is 4.90 Å². The maximum absolute atomic E-state index is 13.2. The minimum Gasteiger partial charge on any atom is -0.337 e. The SMILES string of the molecule is O=C1[C@H]2N=NN(Cc3nc(-c4cccc(Br)c4)no3)[C@@H]2C(=O)N1c1ccc(F)cc1. The third-order valence-electron chi connectivity index (χ3n) is 4.79. The molecule has 0 spiro atoms. The Balaban J connectivity index is 1.36. The number of aromatic nitrogens is 2. The van der Waals surface area contributed by atoms with Gasteiger partial charge in [-0.1, -0.05) is 38.4 Å². The molecule has 0 saturated carbocycles. The normalized spacial score (nSPS) is 20.3. The molecular weight excluding hydrogens is 459 g/mol. The Hall–Kier alpha value is -3.47. The zero-order valence-corrected chi connectivity index (χ0v) is 16.7. The lowest BCUT2D eigenvalue weighted by Gasteiger charge is -2.19. The van der Waals surface area contributed by atoms with E-state index in [-0.39, 0.29) is 18.1 Å². The van der Waals surface area contributed by atoms with Crippen LogP contribution in [0.3, 0.4) is 0 Å². The molecule has 3 heterocycles. The number of rotatable bonds is 4. The number of fused-ring (bicyclic) bond motifs is 1. The lowest BCUT2D eigenvalue weighted by molar-refractivity contribution is -0.123. The van der Waals surface area contributed by atoms with Gasteiger partial charge in [-0.25, -0.2) is 9.29 Å². The zero-order valence-electron chi connectivity index (χ0n) is 15.1. The van der Waals surface area contributed by atoms with Gasteiger partial charge in [0.2, 0.25) is 11.7 Å². The minimum absolute atomic E-state index is 0.0158. The second-order valence-corrected chi connectivity index (χ2v) is 7.62. The summed E-state index contributed by atoms with van der Waals surface area (Å²) in [6, 6.07) is 10.7. The van der Waals surface area contributed by atoms with E-state index in [0.717, 1.165) is 14.9 Å². The van der Waals surface area contributed by atoms with Gasteiger partial charge in [0.15, 0.2) is 12.1 Å². The fourth-order valence-corrected chi connectivity index (χ4v) is 3.80. The van der Waals surface area contributed by atoms with Crippen LogP contribution in [0.25, 0.3) is 11.4 Å². The predicted octanol–water partition coefficient (Wildman–Crippen LogP) is 3.13. The van der Waals surface area contributed by atoms with Crippen molar-refractivity contribution >= 4 is 33.4 Å². The molecule has 1 saturated heterocycles. The maximum atomic E-state index is 13.2. The first-order chi connectivity index (χ1) is 14.5. The van der Waals surface area contributed by atoms with E-state index in [1.165, 1.54) is 29.3 Å². The highest BCUT2D eigenvalue weighted by atomic mass is 79.9. The summed E-state index contributed by atoms with van der Waals surface area (Å²) in [4.78, 5) is 30.9. The summed E-state index contributed by atoms with van der Waals surface area (Å²) in [6.45, 7) is 0.0158. The number of anilines is 1. The molecule has 2 atom stereocenters. The van der Waals surface area contributed by atoms with Crippen LogP contribution in [0.1, 0.15) is 5.89 Å². The average Bonchev–Trinajstić information content (AvgIpc) is 3.42. The highest BCUT2D eigenvalue weighted by Crippen LogP contribution is 2.33. The third kappa shape index (κ3) is 3.07. The molecule has 1 fully saturated rings. The van der Waals surface area contributed by atoms with Gasteiger partial charge >= 0.3 is 0 Å². The first-order valence-electron chi connectivity index (χ1n) is 8.90. The van der Waals surface area contributed by atoms with E-state index in [4.69, 9.17) is 4.52 Å². The summed E-state index contributed by atoms with van der Waals surface area (Å²) in [6.07, 6.45) is 0. The van der Waals surface area contributed by atoms with Crippen LogP contribution in [0.15, 0.2) is 67.9 Å². The van der Waals surface area contributed by atoms with E-state index >= 15 is 0 Å². The first-order valence-corrected chi connectivity index (χ1v) is 9.70. The monoisotopic (exact) mass is 470 g/mol. The molecule has 0 radical (unpaired) electrons. The first kappa shape index (κ1) is 18.6. The van der Waals surface area contributed by atoms with E-state index in [9.17, 15) is 14.0 Å². The third-order valence-corrected chi connectivity index (χ3v) is 5.28. The van der Waals surface area contributed by atoms with E-state index in [0.29, 0.717) is 5.82 Å². The maximum Gasteiger partial charge on any atom is 0.263 e. The number of carbonyl (C=O) groups excluding carboxylic acids is 2. The van der Waals surface area contributed by atoms with Gasteiger partial charge in [0.05, 0.1) is 5.69 Å². The van der Waals surface area contributed by atoms with Crippen molar-refractivity contribution in [3.63, 3.8) is 0 Å². The molecule has 0 unspecified atom stereocenters. The van der Waals surface area contributed by atoms with Gasteiger partial charge in [-0.3, -0.25) is 14.6 Å². The van der Waals surface area contributed by atoms with Crippen molar-refractivity contribution in [3.05, 3.63) is 64.7 Å². The Morgan fingerprint density at radius 2 is 1.90 bits per heavy atom. The van der Waals surface area contributed by atoms with Crippen LogP contribution < -0.4 is 4.90 Å². The molecule has 30 heavy (non-hydrogen) atoms. The molecule has 2 aliphatic heterocycles. The van der Waals surface area contributed by atoms with Gasteiger partial charge in [-0.2, -0.15) is 10.1 Å². The van der Waals surface area contributed by atoms with Crippen molar-refractivity contribution in [2.45, 2.75) is 18.6 Å². The highest BCUT2D eigenvalue weighted by Gasteiger charge is 2.55. The van der Waals surface area contributed by atoms with Crippen LogP contribution in [0, 0.1) is 5.82 Å². The Kier molecular flexibility index (Phi) is 4.39. The summed E-state index contributed by atoms with van der Waals surface area (Å²) < 4.78 is 19.4. The topological polar surface area (TPSA) is 104 Å². The smallest absolute Gasteiger partial charge is 0.263 e. The summed E-state index contributed by atoms with van der Waals surface area (Å²) in [5.74, 6) is -0.848. The molecule has 2 amide bonds. The van der Waals surface area contributed by atoms with Crippen molar-refractivity contribution in [2.24, 2.45) is 10.3 Å². The largest absolute Gasteiger partial charge is 0.337 e. The Bertz CT molecular complexity index is 1180. The molecule has 0 bridgehead atoms. The van der Waals surface area contributed by atoms with Crippen LogP contribution in [0.5, 0.6) is 0 Å². The number of benzene rings is 2. The number of imide groups is 1. The Labute approximate surface area is 177 Å². The highest BCUT2D eigenvalue weighted by molar-refractivity contribution is 9.10. The molecule has 1 aromatic heterocycles. The standard InChI is InChI=1S/C19H12BrFN6O3/c20-11-3-1-2-10(8-11)17-22-14(30-24-17)9-26-16-15(23-25-26)18(28)27(19(16)29)13-6-4-12(21)5-7-13/h1-8,15-16H,9H2/t15-,16-/m0/s1. The predicted molar refractivity (Wildman–Crippen MR) is 104 cm³/mol. The van der Waals surface area contributed by atoms with E-state index in [2.05, 4.69) is 36.4 Å². The van der Waals surface area contributed by atoms with Gasteiger partial charge in [0.1, 0.15) is 12.4 Å². The van der Waals surface area contributed by atoms with Gasteiger partial charge in [0.25, 0.3) is 11.8 Å². The molecule has 2 aliphatic rings. The van der Waals surface area contributed by atoms with Crippen molar-refractivity contribution in [1.29, 1.82) is 0 Å². The van der Waals surface area contributed by atoms with Crippen molar-refractivity contribution < 1.29 is 18.5 Å². The Morgan fingerprint density at radius 1 is 1.10 bits per heavy atom. The molecule has 2 aromatic carbocycles. The lowest BCUT2D eigenvalue weighted by atomic mass is 10.1. The number of halogens is 2.